The van der Waals surface area contributed by atoms with E-state index < -0.39 is 11.5 Å². The van der Waals surface area contributed by atoms with Gasteiger partial charge in [0, 0.05) is 12.0 Å². The van der Waals surface area contributed by atoms with Gasteiger partial charge in [-0.25, -0.2) is 4.39 Å². The van der Waals surface area contributed by atoms with Crippen molar-refractivity contribution in [2.75, 3.05) is 6.54 Å². The van der Waals surface area contributed by atoms with Crippen LogP contribution in [0.5, 0.6) is 0 Å². The highest BCUT2D eigenvalue weighted by Gasteiger charge is 2.36. The Morgan fingerprint density at radius 3 is 2.25 bits per heavy atom. The molecule has 0 aliphatic rings. The number of benzene rings is 2. The van der Waals surface area contributed by atoms with Crippen molar-refractivity contribution in [3.05, 3.63) is 71.5 Å². The predicted octanol–water partition coefficient (Wildman–Crippen LogP) is 2.65. The maximum atomic E-state index is 13.9. The molecule has 0 spiro atoms. The van der Waals surface area contributed by atoms with E-state index in [1.54, 1.807) is 25.1 Å². The number of aliphatic hydroxyl groups is 1. The minimum Gasteiger partial charge on any atom is -0.392 e. The van der Waals surface area contributed by atoms with Gasteiger partial charge in [0.15, 0.2) is 0 Å². The number of nitrogens with two attached hydrogens (primary N) is 1. The van der Waals surface area contributed by atoms with Gasteiger partial charge >= 0.3 is 0 Å². The highest BCUT2D eigenvalue weighted by molar-refractivity contribution is 5.32. The van der Waals surface area contributed by atoms with Crippen molar-refractivity contribution in [2.45, 2.75) is 24.9 Å². The third-order valence-corrected chi connectivity index (χ3v) is 3.98. The van der Waals surface area contributed by atoms with E-state index >= 15 is 0 Å². The smallest absolute Gasteiger partial charge is 0.126 e. The number of halogens is 1. The molecule has 3 heteroatoms. The van der Waals surface area contributed by atoms with Crippen LogP contribution in [-0.2, 0) is 11.8 Å². The summed E-state index contributed by atoms with van der Waals surface area (Å²) in [5.74, 6) is -0.262. The fourth-order valence-corrected chi connectivity index (χ4v) is 2.60. The molecule has 2 aromatic rings. The lowest BCUT2D eigenvalue weighted by Crippen LogP contribution is -2.46. The summed E-state index contributed by atoms with van der Waals surface area (Å²) in [4.78, 5) is 0. The van der Waals surface area contributed by atoms with E-state index in [0.29, 0.717) is 12.0 Å². The zero-order valence-electron chi connectivity index (χ0n) is 11.6. The Hall–Kier alpha value is -1.71. The zero-order chi connectivity index (χ0) is 14.6. The highest BCUT2D eigenvalue weighted by Crippen LogP contribution is 2.32. The van der Waals surface area contributed by atoms with Crippen LogP contribution in [0.3, 0.4) is 0 Å². The third-order valence-electron chi connectivity index (χ3n) is 3.98. The molecule has 106 valence electrons. The van der Waals surface area contributed by atoms with Gasteiger partial charge in [-0.1, -0.05) is 48.5 Å². The third kappa shape index (κ3) is 2.74. The van der Waals surface area contributed by atoms with Crippen molar-refractivity contribution in [3.63, 3.8) is 0 Å². The van der Waals surface area contributed by atoms with Gasteiger partial charge in [-0.2, -0.15) is 0 Å². The topological polar surface area (TPSA) is 46.2 Å². The van der Waals surface area contributed by atoms with E-state index in [0.717, 1.165) is 5.56 Å². The van der Waals surface area contributed by atoms with Gasteiger partial charge < -0.3 is 10.8 Å². The van der Waals surface area contributed by atoms with Crippen molar-refractivity contribution >= 4 is 0 Å². The first-order valence-electron chi connectivity index (χ1n) is 6.77. The fourth-order valence-electron chi connectivity index (χ4n) is 2.60. The molecule has 2 aromatic carbocycles. The Morgan fingerprint density at radius 2 is 1.70 bits per heavy atom. The molecule has 0 radical (unpaired) electrons. The van der Waals surface area contributed by atoms with E-state index in [9.17, 15) is 9.50 Å². The fraction of sp³-hybridized carbons (Fsp3) is 0.294. The molecule has 0 aliphatic heterocycles. The number of hydrogen-bond acceptors (Lipinski definition) is 2. The summed E-state index contributed by atoms with van der Waals surface area (Å²) in [6, 6.07) is 16.2. The molecule has 2 nitrogen and oxygen atoms in total. The van der Waals surface area contributed by atoms with Gasteiger partial charge in [0.2, 0.25) is 0 Å². The van der Waals surface area contributed by atoms with Crippen LogP contribution in [-0.4, -0.2) is 17.8 Å². The van der Waals surface area contributed by atoms with Crippen LogP contribution in [0.1, 0.15) is 18.1 Å². The Balaban J connectivity index is 2.46. The lowest BCUT2D eigenvalue weighted by molar-refractivity contribution is 0.0995. The molecule has 0 saturated carbocycles. The predicted molar refractivity (Wildman–Crippen MR) is 79.0 cm³/mol. The second-order valence-corrected chi connectivity index (χ2v) is 5.17. The van der Waals surface area contributed by atoms with Crippen LogP contribution in [0.25, 0.3) is 0 Å². The lowest BCUT2D eigenvalue weighted by Gasteiger charge is -2.36. The number of aliphatic hydroxyl groups excluding tert-OH is 1. The molecular weight excluding hydrogens is 253 g/mol. The first-order valence-corrected chi connectivity index (χ1v) is 6.77. The Labute approximate surface area is 119 Å². The second kappa shape index (κ2) is 6.16. The summed E-state index contributed by atoms with van der Waals surface area (Å²) in [5.41, 5.74) is 6.78. The molecule has 0 aromatic heterocycles. The normalized spacial score (nSPS) is 15.6. The quantitative estimate of drug-likeness (QED) is 0.879. The summed E-state index contributed by atoms with van der Waals surface area (Å²) in [7, 11) is 0. The maximum Gasteiger partial charge on any atom is 0.126 e. The van der Waals surface area contributed by atoms with Gasteiger partial charge in [-0.3, -0.25) is 0 Å². The molecule has 0 amide bonds. The number of hydrogen-bond donors (Lipinski definition) is 2. The number of rotatable bonds is 5. The highest BCUT2D eigenvalue weighted by atomic mass is 19.1. The van der Waals surface area contributed by atoms with Crippen molar-refractivity contribution in [1.82, 2.24) is 0 Å². The van der Waals surface area contributed by atoms with Gasteiger partial charge in [0.25, 0.3) is 0 Å². The molecule has 0 aliphatic carbocycles. The molecule has 0 fully saturated rings. The summed E-state index contributed by atoms with van der Waals surface area (Å²) < 4.78 is 13.9. The van der Waals surface area contributed by atoms with Gasteiger partial charge in [-0.05, 0) is 30.5 Å². The minimum atomic E-state index is -0.677. The molecule has 0 saturated heterocycles. The second-order valence-electron chi connectivity index (χ2n) is 5.17. The molecular formula is C17H20FNO. The first-order chi connectivity index (χ1) is 9.60. The molecule has 2 unspecified atom stereocenters. The Kier molecular flexibility index (Phi) is 4.53. The lowest BCUT2D eigenvalue weighted by atomic mass is 9.71. The van der Waals surface area contributed by atoms with Gasteiger partial charge in [-0.15, -0.1) is 0 Å². The summed E-state index contributed by atoms with van der Waals surface area (Å²) in [6.45, 7) is 1.96. The van der Waals surface area contributed by atoms with Crippen LogP contribution >= 0.6 is 0 Å². The van der Waals surface area contributed by atoms with E-state index in [4.69, 9.17) is 5.73 Å². The van der Waals surface area contributed by atoms with Crippen LogP contribution in [0.2, 0.25) is 0 Å². The van der Waals surface area contributed by atoms with Gasteiger partial charge in [0.1, 0.15) is 5.82 Å². The maximum absolute atomic E-state index is 13.9. The average Bonchev–Trinajstić information content (AvgIpc) is 2.47. The Morgan fingerprint density at radius 1 is 1.10 bits per heavy atom. The van der Waals surface area contributed by atoms with Crippen LogP contribution in [0, 0.1) is 5.82 Å². The largest absolute Gasteiger partial charge is 0.392 e. The molecule has 2 rings (SSSR count). The van der Waals surface area contributed by atoms with Crippen molar-refractivity contribution in [1.29, 1.82) is 0 Å². The van der Waals surface area contributed by atoms with Crippen LogP contribution in [0.15, 0.2) is 54.6 Å². The molecule has 0 heterocycles. The molecule has 0 bridgehead atoms. The molecule has 2 atom stereocenters. The Bertz CT molecular complexity index is 556. The van der Waals surface area contributed by atoms with Crippen molar-refractivity contribution in [2.24, 2.45) is 5.73 Å². The van der Waals surface area contributed by atoms with Crippen LogP contribution in [0.4, 0.5) is 4.39 Å². The van der Waals surface area contributed by atoms with Gasteiger partial charge in [0.05, 0.1) is 6.10 Å². The molecule has 20 heavy (non-hydrogen) atoms. The van der Waals surface area contributed by atoms with E-state index in [2.05, 4.69) is 0 Å². The zero-order valence-corrected chi connectivity index (χ0v) is 11.6. The monoisotopic (exact) mass is 273 g/mol. The minimum absolute atomic E-state index is 0.253. The van der Waals surface area contributed by atoms with E-state index in [-0.39, 0.29) is 12.4 Å². The van der Waals surface area contributed by atoms with Crippen molar-refractivity contribution < 1.29 is 9.50 Å². The first kappa shape index (κ1) is 14.7. The molecule has 3 N–H and O–H groups in total. The van der Waals surface area contributed by atoms with Crippen LogP contribution < -0.4 is 5.73 Å². The SMILES string of the molecule is CC(O)C(CN)(Cc1ccccc1F)c1ccccc1. The van der Waals surface area contributed by atoms with E-state index in [1.165, 1.54) is 6.07 Å². The van der Waals surface area contributed by atoms with Crippen molar-refractivity contribution in [3.8, 4) is 0 Å². The standard InChI is InChI=1S/C17H20FNO/c1-13(20)17(12-19,15-8-3-2-4-9-15)11-14-7-5-6-10-16(14)18/h2-10,13,20H,11-12,19H2,1H3. The summed E-state index contributed by atoms with van der Waals surface area (Å²) >= 11 is 0. The average molecular weight is 273 g/mol. The summed E-state index contributed by atoms with van der Waals surface area (Å²) in [5, 5.41) is 10.3. The van der Waals surface area contributed by atoms with E-state index in [1.807, 2.05) is 30.3 Å². The summed E-state index contributed by atoms with van der Waals surface area (Å²) in [6.07, 6.45) is -0.299.